The predicted octanol–water partition coefficient (Wildman–Crippen LogP) is 12.9. The first-order valence-corrected chi connectivity index (χ1v) is 45.0. The number of amides is 5. The van der Waals surface area contributed by atoms with Crippen molar-refractivity contribution in [1.29, 1.82) is 0 Å². The second-order valence-corrected chi connectivity index (χ2v) is 35.5. The molecule has 0 saturated carbocycles. The van der Waals surface area contributed by atoms with Gasteiger partial charge in [0.15, 0.2) is 17.2 Å². The number of nitrogens with zero attached hydrogens (tertiary/aromatic N) is 11. The van der Waals surface area contributed by atoms with Crippen LogP contribution in [-0.2, 0) is 51.0 Å². The molecule has 0 radical (unpaired) electrons. The molecule has 2 aromatic rings. The van der Waals surface area contributed by atoms with E-state index in [4.69, 9.17) is 61.7 Å². The number of ketones is 1. The number of hydrogen-bond acceptors (Lipinski definition) is 27. The van der Waals surface area contributed by atoms with Gasteiger partial charge in [0.1, 0.15) is 40.2 Å². The molecule has 752 valence electrons. The molecule has 10 atom stereocenters. The number of aromatic hydroxyl groups is 1. The van der Waals surface area contributed by atoms with Gasteiger partial charge >= 0.3 is 36.3 Å². The van der Waals surface area contributed by atoms with Crippen LogP contribution in [-0.4, -0.2) is 320 Å². The highest BCUT2D eigenvalue weighted by Crippen LogP contribution is 2.30. The van der Waals surface area contributed by atoms with Crippen molar-refractivity contribution < 1.29 is 96.0 Å². The van der Waals surface area contributed by atoms with Crippen molar-refractivity contribution in [3.63, 3.8) is 0 Å². The van der Waals surface area contributed by atoms with Crippen molar-refractivity contribution in [3.8, 4) is 5.75 Å². The van der Waals surface area contributed by atoms with Crippen LogP contribution in [0.15, 0.2) is 59.1 Å². The fraction of sp³-hybridized carbons (Fsp3) is 0.747. The highest BCUT2D eigenvalue weighted by molar-refractivity contribution is 7.16. The van der Waals surface area contributed by atoms with Gasteiger partial charge < -0.3 is 111 Å². The summed E-state index contributed by atoms with van der Waals surface area (Å²) in [7, 11) is 20.2. The van der Waals surface area contributed by atoms with Crippen LogP contribution in [0.3, 0.4) is 0 Å². The molecular formula is C91H175F2N16O19P. The monoisotopic (exact) mass is 1870 g/mol. The van der Waals surface area contributed by atoms with Crippen LogP contribution in [0.4, 0.5) is 28.0 Å². The highest BCUT2D eigenvalue weighted by atomic mass is 31.0. The molecule has 2 aliphatic rings. The van der Waals surface area contributed by atoms with Crippen molar-refractivity contribution >= 4 is 57.2 Å². The summed E-state index contributed by atoms with van der Waals surface area (Å²) in [5.74, 6) is -4.03. The molecule has 1 aromatic carbocycles. The van der Waals surface area contributed by atoms with Gasteiger partial charge in [-0.1, -0.05) is 30.8 Å². The maximum atomic E-state index is 13.8. The quantitative estimate of drug-likeness (QED) is 0.00390. The summed E-state index contributed by atoms with van der Waals surface area (Å²) in [6.07, 6.45) is 12.9. The summed E-state index contributed by atoms with van der Waals surface area (Å²) in [5.41, 5.74) is 21.0. The fourth-order valence-corrected chi connectivity index (χ4v) is 9.93. The lowest BCUT2D eigenvalue weighted by atomic mass is 10.0. The largest absolute Gasteiger partial charge is 0.503 e. The smallest absolute Gasteiger partial charge is 0.410 e. The van der Waals surface area contributed by atoms with Crippen LogP contribution in [0.25, 0.3) is 10.4 Å². The van der Waals surface area contributed by atoms with Crippen LogP contribution in [0.1, 0.15) is 250 Å². The molecule has 5 amide bonds. The summed E-state index contributed by atoms with van der Waals surface area (Å²) in [5, 5.41) is 44.6. The van der Waals surface area contributed by atoms with Gasteiger partial charge in [0.05, 0.1) is 44.0 Å². The van der Waals surface area contributed by atoms with Crippen LogP contribution in [0.2, 0.25) is 0 Å². The van der Waals surface area contributed by atoms with Crippen molar-refractivity contribution in [3.05, 3.63) is 98.3 Å². The SMILES string of the molecule is C=CC(=O)OCC.CCOC(=O)/C=C/[C@H](C)N(C)C(=O)OC(C)(C)C.CCP.CN[C@@H](C)CCCN.CN[C@@H](C)CCN.CO.C[C@@H](CCCN=[N+]=[N-])N(C)C(=O)OC(C)(C)C.C[C@@H](CCCO)N(C)C(=O)OC(C)(C)C.C[C@@H](CCN)N(C)C.C[C@@H](CO)N(C)C(=O)OC(C)(C)C.C[C@H]1CCN2C(=O)c3c(O)c(=O)c(C(=O)CCc4ccc(F)cc4F)cn3CC2N1C. The van der Waals surface area contributed by atoms with Crippen molar-refractivity contribution in [1.82, 2.24) is 49.5 Å². The van der Waals surface area contributed by atoms with E-state index < -0.39 is 75.1 Å². The van der Waals surface area contributed by atoms with E-state index in [1.165, 1.54) is 45.3 Å². The summed E-state index contributed by atoms with van der Waals surface area (Å²) >= 11 is 0. The number of halogens is 2. The van der Waals surface area contributed by atoms with Gasteiger partial charge in [-0.3, -0.25) is 19.3 Å². The topological polar surface area (TPSA) is 468 Å². The molecule has 0 aliphatic carbocycles. The number of azide groups is 1. The normalized spacial score (nSPS) is 14.6. The first-order chi connectivity index (χ1) is 59.7. The number of rotatable bonds is 31. The minimum absolute atomic E-state index is 0.0253. The Morgan fingerprint density at radius 1 is 0.667 bits per heavy atom. The number of esters is 2. The molecule has 0 bridgehead atoms. The number of aliphatic hydroxyl groups is 3. The van der Waals surface area contributed by atoms with Gasteiger partial charge in [-0.2, -0.15) is 0 Å². The molecule has 0 spiro atoms. The molecular weight excluding hydrogens is 1690 g/mol. The zero-order chi connectivity index (χ0) is 102. The number of aromatic nitrogens is 1. The standard InChI is InChI=1S/C22H23F2N3O4.C13H23NO4.C11H22N4O2.C11H23NO3.C9H19NO3.2C6H16N2.C5H14N2.C5H8O2.C2H7P.CH4O/c1-12-7-8-27-18(25(12)2)11-26-10-15(20(29)21(30)19(26)22(27)31)17(28)6-4-13-3-5-14(23)9-16(13)24;1-7-17-11(15)9-8-10(2)14(6)12(16)18-13(3,4)5;1-9(7-6-8-13-14-12)15(5)10(16)17-11(2,3)4;1-9(7-6-8-13)12(5)10(14)15-11(2,3)4;1-7(6-11)10(5)8(12)13-9(2,3)4;1-6(4-5-7)8(2)3;1-6(8-2)4-3-5-7;1-5(7-2)3-4-6;1-3-5(6)7-4-2;1-2-3;1-2/h3,5,9-10,12,18,30H,4,6-8,11H2,1-2H3;8-10H,7H2,1-6H3;9H,6-8H2,1-5H3;9,13H,6-8H2,1-5H3;7,11H,6H2,1-5H3;6H,4-5,7H2,1-3H3;6,8H,3-5,7H2,1-2H3;5,7H,3-4,6H2,1-2H3;3H,1,4H2,2H3;2-3H2,1H3;2H,1H3/b;9-8+;;;;;;;;;/t12-,18?;10-;2*9-;7-;2*6-;5-;;;/m00000000.../s1. The molecule has 4 rings (SSSR count). The molecule has 38 heteroatoms. The minimum atomic E-state index is -0.915. The van der Waals surface area contributed by atoms with Crippen molar-refractivity contribution in [2.75, 3.05) is 136 Å². The number of likely N-dealkylation sites (N-methyl/N-ethyl adjacent to an activating group) is 3. The Labute approximate surface area is 774 Å². The number of benzene rings is 1. The van der Waals surface area contributed by atoms with E-state index in [0.29, 0.717) is 57.4 Å². The third-order valence-electron chi connectivity index (χ3n) is 18.8. The Bertz CT molecular complexity index is 3560. The molecule has 129 heavy (non-hydrogen) atoms. The number of pyridine rings is 1. The first-order valence-electron chi connectivity index (χ1n) is 44.1. The lowest BCUT2D eigenvalue weighted by molar-refractivity contribution is -0.138. The summed E-state index contributed by atoms with van der Waals surface area (Å²) in [4.78, 5) is 120. The van der Waals surface area contributed by atoms with Crippen molar-refractivity contribution in [2.45, 2.75) is 313 Å². The van der Waals surface area contributed by atoms with Crippen LogP contribution in [0, 0.1) is 11.6 Å². The lowest BCUT2D eigenvalue weighted by Crippen LogP contribution is -2.62. The number of fused-ring (bicyclic) bond motifs is 2. The number of aliphatic hydroxyl groups excluding tert-OH is 3. The Kier molecular flexibility index (Phi) is 77.2. The number of ether oxygens (including phenoxy) is 6. The number of nitrogens with one attached hydrogen (secondary N) is 2. The molecule has 3 heterocycles. The Hall–Kier alpha value is -8.19. The third kappa shape index (κ3) is 66.8. The molecule has 35 nitrogen and oxygen atoms in total. The van der Waals surface area contributed by atoms with Crippen LogP contribution >= 0.6 is 9.24 Å². The van der Waals surface area contributed by atoms with E-state index in [-0.39, 0.29) is 97.4 Å². The maximum absolute atomic E-state index is 13.8. The Balaban J connectivity index is -0.000000270. The molecule has 2 aliphatic heterocycles. The van der Waals surface area contributed by atoms with Gasteiger partial charge in [-0.15, -0.1) is 9.24 Å². The Morgan fingerprint density at radius 2 is 1.10 bits per heavy atom. The number of carbonyl (C=O) groups excluding carboxylic acids is 8. The number of nitrogens with two attached hydrogens (primary N) is 3. The lowest BCUT2D eigenvalue weighted by Gasteiger charge is -2.48. The van der Waals surface area contributed by atoms with E-state index in [0.717, 1.165) is 89.9 Å². The average molecular weight is 1870 g/mol. The zero-order valence-corrected chi connectivity index (χ0v) is 86.1. The average Bonchev–Trinajstić information content (AvgIpc) is 0.744. The van der Waals surface area contributed by atoms with E-state index in [2.05, 4.69) is 99.7 Å². The minimum Gasteiger partial charge on any atom is -0.503 e. The van der Waals surface area contributed by atoms with E-state index in [1.807, 2.05) is 97.3 Å². The van der Waals surface area contributed by atoms with Gasteiger partial charge in [-0.25, -0.2) is 37.5 Å². The van der Waals surface area contributed by atoms with Crippen molar-refractivity contribution in [2.24, 2.45) is 22.3 Å². The van der Waals surface area contributed by atoms with Gasteiger partial charge in [0.2, 0.25) is 5.43 Å². The second-order valence-electron chi connectivity index (χ2n) is 34.7. The number of aryl methyl sites for hydroxylation is 1. The predicted molar refractivity (Wildman–Crippen MR) is 515 cm³/mol. The van der Waals surface area contributed by atoms with Gasteiger partial charge in [-0.05, 0) is 295 Å². The zero-order valence-electron chi connectivity index (χ0n) is 84.9. The molecule has 2 unspecified atom stereocenters. The molecule has 12 N–H and O–H groups in total. The number of carbonyl (C=O) groups is 8. The van der Waals surface area contributed by atoms with E-state index >= 15 is 0 Å². The highest BCUT2D eigenvalue weighted by Gasteiger charge is 2.42. The molecule has 1 aromatic heterocycles. The fourth-order valence-electron chi connectivity index (χ4n) is 9.93. The molecule has 1 saturated heterocycles. The summed E-state index contributed by atoms with van der Waals surface area (Å²) < 4.78 is 58.3. The third-order valence-corrected chi connectivity index (χ3v) is 18.8. The molecule has 1 fully saturated rings. The van der Waals surface area contributed by atoms with Gasteiger partial charge in [0, 0.05) is 127 Å². The summed E-state index contributed by atoms with van der Waals surface area (Å²) in [6.45, 7) is 51.1. The summed E-state index contributed by atoms with van der Waals surface area (Å²) in [6, 6.07) is 4.87. The Morgan fingerprint density at radius 3 is 1.47 bits per heavy atom. The number of Topliss-reactive ketones (excluding diaryl/α,β-unsaturated/α-hetero) is 1. The maximum Gasteiger partial charge on any atom is 0.410 e. The second kappa shape index (κ2) is 74.4. The van der Waals surface area contributed by atoms with Gasteiger partial charge in [0.25, 0.3) is 5.91 Å². The van der Waals surface area contributed by atoms with E-state index in [9.17, 15) is 57.0 Å². The first kappa shape index (κ1) is 134. The number of hydrogen-bond donors (Lipinski definition) is 9. The van der Waals surface area contributed by atoms with E-state index in [1.54, 1.807) is 97.4 Å². The van der Waals surface area contributed by atoms with Crippen LogP contribution < -0.4 is 33.3 Å². The van der Waals surface area contributed by atoms with Crippen LogP contribution in [0.5, 0.6) is 5.75 Å².